The molecule has 0 aliphatic rings. The molecule has 29 heavy (non-hydrogen) atoms. The standard InChI is InChI=1S/C22H22N2O5/c1-14(2)29-22(27)15-4-6-17(7-5-15)23-20(25)13-24-11-10-16-12-18(28-3)8-9-19(16)21(24)26/h4-12,14H,13H2,1-3H3,(H,23,25). The number of carbonyl (C=O) groups is 2. The molecule has 1 amide bonds. The van der Waals surface area contributed by atoms with E-state index < -0.39 is 5.97 Å². The molecular formula is C22H22N2O5. The van der Waals surface area contributed by atoms with Crippen molar-refractivity contribution in [3.63, 3.8) is 0 Å². The van der Waals surface area contributed by atoms with Gasteiger partial charge in [0.05, 0.1) is 18.8 Å². The summed E-state index contributed by atoms with van der Waals surface area (Å²) in [6, 6.07) is 13.3. The summed E-state index contributed by atoms with van der Waals surface area (Å²) in [6.07, 6.45) is 1.37. The number of aromatic nitrogens is 1. The monoisotopic (exact) mass is 394 g/mol. The summed E-state index contributed by atoms with van der Waals surface area (Å²) in [5.74, 6) is -0.109. The van der Waals surface area contributed by atoms with Gasteiger partial charge >= 0.3 is 5.97 Å². The molecule has 3 rings (SSSR count). The van der Waals surface area contributed by atoms with Crippen molar-refractivity contribution in [2.45, 2.75) is 26.5 Å². The lowest BCUT2D eigenvalue weighted by atomic mass is 10.1. The Kier molecular flexibility index (Phi) is 5.97. The summed E-state index contributed by atoms with van der Waals surface area (Å²) >= 11 is 0. The predicted octanol–water partition coefficient (Wildman–Crippen LogP) is 3.21. The number of nitrogens with zero attached hydrogens (tertiary/aromatic N) is 1. The van der Waals surface area contributed by atoms with Gasteiger partial charge in [0.15, 0.2) is 0 Å². The molecule has 0 fully saturated rings. The molecule has 150 valence electrons. The normalized spacial score (nSPS) is 10.8. The van der Waals surface area contributed by atoms with E-state index in [4.69, 9.17) is 9.47 Å². The lowest BCUT2D eigenvalue weighted by Crippen LogP contribution is -2.27. The van der Waals surface area contributed by atoms with E-state index in [9.17, 15) is 14.4 Å². The number of esters is 1. The Morgan fingerprint density at radius 2 is 1.79 bits per heavy atom. The molecule has 0 aliphatic heterocycles. The number of rotatable bonds is 6. The third-order valence-corrected chi connectivity index (χ3v) is 4.25. The van der Waals surface area contributed by atoms with E-state index >= 15 is 0 Å². The van der Waals surface area contributed by atoms with Crippen molar-refractivity contribution in [3.8, 4) is 5.75 Å². The number of carbonyl (C=O) groups excluding carboxylic acids is 2. The van der Waals surface area contributed by atoms with Gasteiger partial charge < -0.3 is 19.4 Å². The van der Waals surface area contributed by atoms with E-state index in [2.05, 4.69) is 5.32 Å². The minimum Gasteiger partial charge on any atom is -0.497 e. The molecule has 0 radical (unpaired) electrons. The second-order valence-electron chi connectivity index (χ2n) is 6.78. The average molecular weight is 394 g/mol. The van der Waals surface area contributed by atoms with Crippen molar-refractivity contribution < 1.29 is 19.1 Å². The smallest absolute Gasteiger partial charge is 0.338 e. The molecule has 0 saturated heterocycles. The van der Waals surface area contributed by atoms with Crippen LogP contribution in [0.3, 0.4) is 0 Å². The summed E-state index contributed by atoms with van der Waals surface area (Å²) in [6.45, 7) is 3.42. The van der Waals surface area contributed by atoms with Crippen LogP contribution < -0.4 is 15.6 Å². The van der Waals surface area contributed by atoms with Gasteiger partial charge in [-0.1, -0.05) is 0 Å². The first-order valence-corrected chi connectivity index (χ1v) is 9.15. The lowest BCUT2D eigenvalue weighted by molar-refractivity contribution is -0.116. The molecule has 7 heteroatoms. The minimum absolute atomic E-state index is 0.127. The fourth-order valence-corrected chi connectivity index (χ4v) is 2.84. The van der Waals surface area contributed by atoms with E-state index in [0.29, 0.717) is 22.4 Å². The number of nitrogens with one attached hydrogen (secondary N) is 1. The Hall–Kier alpha value is -3.61. The number of ether oxygens (including phenoxy) is 2. The number of hydrogen-bond donors (Lipinski definition) is 1. The fraction of sp³-hybridized carbons (Fsp3) is 0.227. The molecule has 1 heterocycles. The molecule has 2 aromatic carbocycles. The molecule has 1 N–H and O–H groups in total. The Bertz CT molecular complexity index is 1100. The first-order chi connectivity index (χ1) is 13.9. The highest BCUT2D eigenvalue weighted by Gasteiger charge is 2.11. The van der Waals surface area contributed by atoms with Crippen LogP contribution in [0.25, 0.3) is 10.8 Å². The van der Waals surface area contributed by atoms with Crippen molar-refractivity contribution in [3.05, 3.63) is 70.6 Å². The number of anilines is 1. The highest BCUT2D eigenvalue weighted by atomic mass is 16.5. The van der Waals surface area contributed by atoms with Crippen molar-refractivity contribution in [2.24, 2.45) is 0 Å². The van der Waals surface area contributed by atoms with Gasteiger partial charge in [0.2, 0.25) is 5.91 Å². The van der Waals surface area contributed by atoms with E-state index in [1.807, 2.05) is 0 Å². The van der Waals surface area contributed by atoms with Crippen LogP contribution in [0.2, 0.25) is 0 Å². The Morgan fingerprint density at radius 3 is 2.45 bits per heavy atom. The number of pyridine rings is 1. The van der Waals surface area contributed by atoms with Crippen LogP contribution in [0.1, 0.15) is 24.2 Å². The highest BCUT2D eigenvalue weighted by molar-refractivity contribution is 5.93. The summed E-state index contributed by atoms with van der Waals surface area (Å²) in [5, 5.41) is 3.97. The zero-order valence-corrected chi connectivity index (χ0v) is 16.5. The Morgan fingerprint density at radius 1 is 1.07 bits per heavy atom. The maximum absolute atomic E-state index is 12.6. The molecule has 0 aliphatic carbocycles. The van der Waals surface area contributed by atoms with Gasteiger partial charge in [-0.15, -0.1) is 0 Å². The zero-order valence-electron chi connectivity index (χ0n) is 16.5. The average Bonchev–Trinajstić information content (AvgIpc) is 2.69. The first kappa shape index (κ1) is 20.1. The third-order valence-electron chi connectivity index (χ3n) is 4.25. The third kappa shape index (κ3) is 4.82. The maximum Gasteiger partial charge on any atom is 0.338 e. The molecule has 0 unspecified atom stereocenters. The molecular weight excluding hydrogens is 372 g/mol. The van der Waals surface area contributed by atoms with Crippen molar-refractivity contribution in [1.29, 1.82) is 0 Å². The van der Waals surface area contributed by atoms with Gasteiger partial charge in [0.25, 0.3) is 5.56 Å². The summed E-state index contributed by atoms with van der Waals surface area (Å²) < 4.78 is 11.6. The number of hydrogen-bond acceptors (Lipinski definition) is 5. The van der Waals surface area contributed by atoms with Gasteiger partial charge in [0, 0.05) is 17.3 Å². The summed E-state index contributed by atoms with van der Waals surface area (Å²) in [4.78, 5) is 36.8. The molecule has 0 spiro atoms. The van der Waals surface area contributed by atoms with Crippen LogP contribution in [-0.2, 0) is 16.1 Å². The summed E-state index contributed by atoms with van der Waals surface area (Å²) in [5.41, 5.74) is 0.666. The first-order valence-electron chi connectivity index (χ1n) is 9.15. The predicted molar refractivity (Wildman–Crippen MR) is 110 cm³/mol. The number of methoxy groups -OCH3 is 1. The number of fused-ring (bicyclic) bond motifs is 1. The fourth-order valence-electron chi connectivity index (χ4n) is 2.84. The Balaban J connectivity index is 1.70. The Labute approximate surface area is 167 Å². The molecule has 3 aromatic rings. The van der Waals surface area contributed by atoms with Crippen LogP contribution in [0.5, 0.6) is 5.75 Å². The topological polar surface area (TPSA) is 86.6 Å². The molecule has 7 nitrogen and oxygen atoms in total. The van der Waals surface area contributed by atoms with E-state index in [-0.39, 0.29) is 24.1 Å². The largest absolute Gasteiger partial charge is 0.497 e. The SMILES string of the molecule is COc1ccc2c(=O)n(CC(=O)Nc3ccc(C(=O)OC(C)C)cc3)ccc2c1. The van der Waals surface area contributed by atoms with Crippen LogP contribution in [-0.4, -0.2) is 29.7 Å². The summed E-state index contributed by atoms with van der Waals surface area (Å²) in [7, 11) is 1.56. The van der Waals surface area contributed by atoms with Crippen LogP contribution in [0, 0.1) is 0 Å². The van der Waals surface area contributed by atoms with Gasteiger partial charge in [-0.05, 0) is 67.8 Å². The van der Waals surface area contributed by atoms with Crippen LogP contribution in [0.4, 0.5) is 5.69 Å². The lowest BCUT2D eigenvalue weighted by Gasteiger charge is -2.10. The van der Waals surface area contributed by atoms with Crippen molar-refractivity contribution >= 4 is 28.3 Å². The number of amides is 1. The minimum atomic E-state index is -0.419. The second kappa shape index (κ2) is 8.60. The quantitative estimate of drug-likeness (QED) is 0.649. The highest BCUT2D eigenvalue weighted by Crippen LogP contribution is 2.18. The number of benzene rings is 2. The maximum atomic E-state index is 12.6. The molecule has 0 atom stereocenters. The van der Waals surface area contributed by atoms with E-state index in [1.54, 1.807) is 75.7 Å². The molecule has 0 bridgehead atoms. The zero-order chi connectivity index (χ0) is 21.0. The van der Waals surface area contributed by atoms with Gasteiger partial charge in [-0.25, -0.2) is 4.79 Å². The van der Waals surface area contributed by atoms with Crippen molar-refractivity contribution in [1.82, 2.24) is 4.57 Å². The second-order valence-corrected chi connectivity index (χ2v) is 6.78. The van der Waals surface area contributed by atoms with Gasteiger partial charge in [-0.2, -0.15) is 0 Å². The molecule has 1 aromatic heterocycles. The van der Waals surface area contributed by atoms with E-state index in [1.165, 1.54) is 4.57 Å². The van der Waals surface area contributed by atoms with Crippen molar-refractivity contribution in [2.75, 3.05) is 12.4 Å². The van der Waals surface area contributed by atoms with Crippen LogP contribution in [0.15, 0.2) is 59.5 Å². The van der Waals surface area contributed by atoms with Gasteiger partial charge in [-0.3, -0.25) is 9.59 Å². The van der Waals surface area contributed by atoms with Gasteiger partial charge in [0.1, 0.15) is 12.3 Å². The van der Waals surface area contributed by atoms with E-state index in [0.717, 1.165) is 5.39 Å². The van der Waals surface area contributed by atoms with Crippen LogP contribution >= 0.6 is 0 Å². The molecule has 0 saturated carbocycles.